The first-order valence-electron chi connectivity index (χ1n) is 11.6. The molecule has 0 aromatic carbocycles. The van der Waals surface area contributed by atoms with Crippen LogP contribution in [0.25, 0.3) is 22.4 Å². The van der Waals surface area contributed by atoms with E-state index in [4.69, 9.17) is 0 Å². The first-order chi connectivity index (χ1) is 19.0. The van der Waals surface area contributed by atoms with Crippen LogP contribution in [0.1, 0.15) is 24.5 Å². The van der Waals surface area contributed by atoms with Gasteiger partial charge in [-0.1, -0.05) is 6.07 Å². The lowest BCUT2D eigenvalue weighted by molar-refractivity contribution is -0.145. The lowest BCUT2D eigenvalue weighted by Crippen LogP contribution is -2.40. The van der Waals surface area contributed by atoms with Crippen LogP contribution in [0.15, 0.2) is 65.1 Å². The zero-order valence-corrected chi connectivity index (χ0v) is 20.9. The van der Waals surface area contributed by atoms with Gasteiger partial charge in [0.25, 0.3) is 5.56 Å². The van der Waals surface area contributed by atoms with Crippen LogP contribution in [0.5, 0.6) is 0 Å². The third kappa shape index (κ3) is 4.93. The summed E-state index contributed by atoms with van der Waals surface area (Å²) in [7, 11) is 1.47. The van der Waals surface area contributed by atoms with E-state index in [-0.39, 0.29) is 34.8 Å². The molecule has 0 bridgehead atoms. The molecule has 5 heterocycles. The fourth-order valence-corrected chi connectivity index (χ4v) is 3.90. The number of hydrogen-bond acceptors (Lipinski definition) is 9. The minimum atomic E-state index is -4.69. The topological polar surface area (TPSA) is 155 Å². The minimum Gasteiger partial charge on any atom is -0.312 e. The minimum absolute atomic E-state index is 0.00127. The summed E-state index contributed by atoms with van der Waals surface area (Å²) in [6, 6.07) is 4.13. The number of halogens is 3. The fraction of sp³-hybridized carbons (Fsp3) is 0.208. The van der Waals surface area contributed by atoms with Crippen molar-refractivity contribution in [3.63, 3.8) is 0 Å². The molecule has 0 aliphatic heterocycles. The van der Waals surface area contributed by atoms with E-state index in [1.165, 1.54) is 41.8 Å². The molecule has 1 N–H and O–H groups in total. The summed E-state index contributed by atoms with van der Waals surface area (Å²) in [4.78, 5) is 62.5. The Balaban J connectivity index is 1.43. The molecule has 40 heavy (non-hydrogen) atoms. The fourth-order valence-electron chi connectivity index (χ4n) is 3.90. The van der Waals surface area contributed by atoms with Crippen LogP contribution in [0.4, 0.5) is 19.0 Å². The molecule has 0 radical (unpaired) electrons. The second-order valence-electron chi connectivity index (χ2n) is 8.63. The number of hydrogen-bond donors (Lipinski definition) is 1. The van der Waals surface area contributed by atoms with Gasteiger partial charge < -0.3 is 9.88 Å². The summed E-state index contributed by atoms with van der Waals surface area (Å²) < 4.78 is 41.8. The van der Waals surface area contributed by atoms with Gasteiger partial charge in [0.1, 0.15) is 6.04 Å². The molecule has 0 saturated carbocycles. The van der Waals surface area contributed by atoms with Gasteiger partial charge in [-0.15, -0.1) is 0 Å². The number of alkyl halides is 3. The van der Waals surface area contributed by atoms with Crippen LogP contribution in [0.2, 0.25) is 0 Å². The van der Waals surface area contributed by atoms with Gasteiger partial charge >= 0.3 is 11.9 Å². The normalized spacial score (nSPS) is 12.4. The molecular weight excluding hydrogens is 533 g/mol. The predicted octanol–water partition coefficient (Wildman–Crippen LogP) is 1.81. The standard InChI is InChI=1S/C24H19F3N10O3/c1-13(20(38)34-17-10-28-9-16(33-17)14-7-30-22(31-8-14)24(25,26)27)37-12-32-19-18(37)21(39)36(23(40)35(19)2)11-15-5-3-4-6-29-15/h3-10,12-13H,11H2,1-2H3,(H,33,34,38). The average molecular weight is 552 g/mol. The van der Waals surface area contributed by atoms with Gasteiger partial charge in [0.2, 0.25) is 11.7 Å². The number of carbonyl (C=O) groups is 1. The van der Waals surface area contributed by atoms with Gasteiger partial charge in [-0.2, -0.15) is 13.2 Å². The molecule has 0 spiro atoms. The third-order valence-corrected chi connectivity index (χ3v) is 5.99. The molecule has 1 amide bonds. The quantitative estimate of drug-likeness (QED) is 0.332. The second-order valence-corrected chi connectivity index (χ2v) is 8.63. The molecule has 0 saturated heterocycles. The number of rotatable bonds is 6. The smallest absolute Gasteiger partial charge is 0.312 e. The van der Waals surface area contributed by atoms with E-state index in [1.54, 1.807) is 24.4 Å². The number of aryl methyl sites for hydroxylation is 1. The number of nitrogens with zero attached hydrogens (tertiary/aromatic N) is 9. The molecule has 204 valence electrons. The lowest BCUT2D eigenvalue weighted by atomic mass is 10.2. The summed E-state index contributed by atoms with van der Waals surface area (Å²) in [5, 5.41) is 2.57. The Bertz CT molecular complexity index is 1830. The number of fused-ring (bicyclic) bond motifs is 1. The summed E-state index contributed by atoms with van der Waals surface area (Å²) in [5.74, 6) is -1.90. The van der Waals surface area contributed by atoms with Crippen LogP contribution in [0, 0.1) is 0 Å². The lowest BCUT2D eigenvalue weighted by Gasteiger charge is -2.15. The van der Waals surface area contributed by atoms with Crippen molar-refractivity contribution in [3.05, 3.63) is 87.9 Å². The predicted molar refractivity (Wildman–Crippen MR) is 134 cm³/mol. The molecule has 5 aromatic rings. The van der Waals surface area contributed by atoms with Crippen molar-refractivity contribution < 1.29 is 18.0 Å². The van der Waals surface area contributed by atoms with Crippen molar-refractivity contribution in [1.82, 2.24) is 43.6 Å². The second kappa shape index (κ2) is 10.1. The van der Waals surface area contributed by atoms with Crippen LogP contribution in [-0.4, -0.2) is 49.5 Å². The summed E-state index contributed by atoms with van der Waals surface area (Å²) in [6.07, 6.45) is 2.55. The highest BCUT2D eigenvalue weighted by molar-refractivity contribution is 5.93. The first kappa shape index (κ1) is 26.3. The van der Waals surface area contributed by atoms with Crippen molar-refractivity contribution in [2.75, 3.05) is 5.32 Å². The van der Waals surface area contributed by atoms with Gasteiger partial charge in [-0.05, 0) is 19.1 Å². The number of amides is 1. The van der Waals surface area contributed by atoms with E-state index in [2.05, 4.69) is 35.2 Å². The number of aromatic nitrogens is 9. The number of nitrogens with one attached hydrogen (secondary N) is 1. The van der Waals surface area contributed by atoms with E-state index in [0.29, 0.717) is 5.69 Å². The van der Waals surface area contributed by atoms with Crippen molar-refractivity contribution in [1.29, 1.82) is 0 Å². The SMILES string of the molecule is CC(C(=O)Nc1cncc(-c2cnc(C(F)(F)F)nc2)n1)n1cnc2c1c(=O)n(Cc1ccccn1)c(=O)n2C. The van der Waals surface area contributed by atoms with Crippen molar-refractivity contribution in [2.24, 2.45) is 7.05 Å². The van der Waals surface area contributed by atoms with E-state index in [1.807, 2.05) is 0 Å². The number of pyridine rings is 1. The molecule has 13 nitrogen and oxygen atoms in total. The zero-order valence-electron chi connectivity index (χ0n) is 20.9. The van der Waals surface area contributed by atoms with Gasteiger partial charge in [0.15, 0.2) is 17.0 Å². The Labute approximate surface area is 222 Å². The first-order valence-corrected chi connectivity index (χ1v) is 11.6. The molecule has 5 aromatic heterocycles. The Morgan fingerprint density at radius 1 is 1.05 bits per heavy atom. The molecule has 1 atom stereocenters. The molecule has 1 unspecified atom stereocenters. The molecular formula is C24H19F3N10O3. The molecule has 0 aliphatic carbocycles. The summed E-state index contributed by atoms with van der Waals surface area (Å²) in [5.41, 5.74) is -0.345. The number of anilines is 1. The Hall–Kier alpha value is -5.28. The highest BCUT2D eigenvalue weighted by Gasteiger charge is 2.34. The van der Waals surface area contributed by atoms with Crippen LogP contribution < -0.4 is 16.6 Å². The van der Waals surface area contributed by atoms with Crippen molar-refractivity contribution in [2.45, 2.75) is 25.7 Å². The maximum atomic E-state index is 13.4. The largest absolute Gasteiger partial charge is 0.451 e. The van der Waals surface area contributed by atoms with Gasteiger partial charge in [0.05, 0.1) is 36.7 Å². The highest BCUT2D eigenvalue weighted by Crippen LogP contribution is 2.26. The molecule has 5 rings (SSSR count). The Morgan fingerprint density at radius 3 is 2.48 bits per heavy atom. The van der Waals surface area contributed by atoms with Gasteiger partial charge in [0, 0.05) is 31.2 Å². The van der Waals surface area contributed by atoms with Crippen molar-refractivity contribution >= 4 is 22.9 Å². The van der Waals surface area contributed by atoms with Gasteiger partial charge in [-0.25, -0.2) is 24.7 Å². The maximum Gasteiger partial charge on any atom is 0.451 e. The van der Waals surface area contributed by atoms with Gasteiger partial charge in [-0.3, -0.25) is 28.7 Å². The van der Waals surface area contributed by atoms with Crippen molar-refractivity contribution in [3.8, 4) is 11.3 Å². The maximum absolute atomic E-state index is 13.4. The Kier molecular flexibility index (Phi) is 6.66. The highest BCUT2D eigenvalue weighted by atomic mass is 19.4. The van der Waals surface area contributed by atoms with E-state index in [9.17, 15) is 27.6 Å². The number of imidazole rings is 1. The van der Waals surface area contributed by atoms with E-state index in [0.717, 1.165) is 17.0 Å². The van der Waals surface area contributed by atoms with E-state index >= 15 is 0 Å². The van der Waals surface area contributed by atoms with Crippen LogP contribution in [-0.2, 0) is 24.6 Å². The third-order valence-electron chi connectivity index (χ3n) is 5.99. The Morgan fingerprint density at radius 2 is 1.80 bits per heavy atom. The molecule has 0 aliphatic rings. The summed E-state index contributed by atoms with van der Waals surface area (Å²) >= 11 is 0. The average Bonchev–Trinajstić information content (AvgIpc) is 3.39. The van der Waals surface area contributed by atoms with Crippen LogP contribution in [0.3, 0.4) is 0 Å². The number of carbonyl (C=O) groups excluding carboxylic acids is 1. The molecule has 16 heteroatoms. The zero-order chi connectivity index (χ0) is 28.6. The van der Waals surface area contributed by atoms with Crippen LogP contribution >= 0.6 is 0 Å². The monoisotopic (exact) mass is 552 g/mol. The van der Waals surface area contributed by atoms with E-state index < -0.39 is 35.2 Å². The molecule has 0 fully saturated rings. The summed E-state index contributed by atoms with van der Waals surface area (Å²) in [6.45, 7) is 1.44.